The van der Waals surface area contributed by atoms with Gasteiger partial charge in [0, 0.05) is 6.08 Å². The zero-order valence-electron chi connectivity index (χ0n) is 4.42. The zero-order chi connectivity index (χ0) is 8.41. The normalized spacial score (nSPS) is 14.6. The minimum Gasteiger partial charge on any atom is -0.216 e. The monoisotopic (exact) mass is 164 g/mol. The molecule has 10 heavy (non-hydrogen) atoms. The van der Waals surface area contributed by atoms with Crippen LogP contribution in [-0.2, 0) is 0 Å². The maximum atomic E-state index is 11.5. The quantitative estimate of drug-likeness (QED) is 0.522. The molecular formula is C4H2F6. The summed E-state index contributed by atoms with van der Waals surface area (Å²) in [6.45, 7) is 0. The van der Waals surface area contributed by atoms with E-state index in [1.54, 1.807) is 0 Å². The molecule has 0 aliphatic rings. The van der Waals surface area contributed by atoms with Crippen molar-refractivity contribution < 1.29 is 26.3 Å². The number of allylic oxidation sites excluding steroid dienone is 1. The highest BCUT2D eigenvalue weighted by molar-refractivity contribution is 4.95. The average Bonchev–Trinajstić information content (AvgIpc) is 1.61. The summed E-state index contributed by atoms with van der Waals surface area (Å²) in [5.74, 6) is -5.07. The van der Waals surface area contributed by atoms with E-state index in [-0.39, 0.29) is 0 Å². The van der Waals surface area contributed by atoms with Crippen LogP contribution in [0.3, 0.4) is 0 Å². The van der Waals surface area contributed by atoms with Gasteiger partial charge in [-0.05, 0) is 0 Å². The van der Waals surface area contributed by atoms with Gasteiger partial charge in [0.15, 0.2) is 0 Å². The molecule has 0 saturated carbocycles. The Morgan fingerprint density at radius 3 is 1.40 bits per heavy atom. The summed E-state index contributed by atoms with van der Waals surface area (Å²) in [6, 6.07) is 0. The summed E-state index contributed by atoms with van der Waals surface area (Å²) < 4.78 is 67.0. The van der Waals surface area contributed by atoms with Gasteiger partial charge in [-0.3, -0.25) is 0 Å². The van der Waals surface area contributed by atoms with Gasteiger partial charge in [-0.15, -0.1) is 0 Å². The lowest BCUT2D eigenvalue weighted by Gasteiger charge is -2.13. The molecule has 0 aromatic carbocycles. The molecule has 0 bridgehead atoms. The first-order valence-electron chi connectivity index (χ1n) is 2.04. The molecule has 0 rings (SSSR count). The standard InChI is InChI=1S/C4H2F6/c5-2-1-3(6,7)4(8,9)10/h1-2H/b2-1-. The van der Waals surface area contributed by atoms with Crippen LogP contribution in [0.25, 0.3) is 0 Å². The van der Waals surface area contributed by atoms with Crippen molar-refractivity contribution >= 4 is 0 Å². The Balaban J connectivity index is 4.40. The van der Waals surface area contributed by atoms with E-state index in [4.69, 9.17) is 0 Å². The van der Waals surface area contributed by atoms with Crippen molar-refractivity contribution in [3.05, 3.63) is 12.4 Å². The van der Waals surface area contributed by atoms with Gasteiger partial charge in [-0.1, -0.05) is 0 Å². The molecule has 0 aromatic rings. The van der Waals surface area contributed by atoms with Crippen LogP contribution in [0.5, 0.6) is 0 Å². The molecule has 0 heterocycles. The molecule has 0 nitrogen and oxygen atoms in total. The van der Waals surface area contributed by atoms with Gasteiger partial charge in [-0.25, -0.2) is 4.39 Å². The van der Waals surface area contributed by atoms with E-state index in [0.29, 0.717) is 0 Å². The largest absolute Gasteiger partial charge is 0.457 e. The highest BCUT2D eigenvalue weighted by Crippen LogP contribution is 2.36. The summed E-state index contributed by atoms with van der Waals surface area (Å²) in [5.41, 5.74) is 0. The second-order valence-corrected chi connectivity index (χ2v) is 1.41. The Morgan fingerprint density at radius 1 is 0.900 bits per heavy atom. The van der Waals surface area contributed by atoms with Gasteiger partial charge in [0.1, 0.15) is 0 Å². The van der Waals surface area contributed by atoms with Gasteiger partial charge in [-0.2, -0.15) is 22.0 Å². The fraction of sp³-hybridized carbons (Fsp3) is 0.500. The van der Waals surface area contributed by atoms with E-state index in [1.165, 1.54) is 0 Å². The Hall–Kier alpha value is -0.680. The maximum Gasteiger partial charge on any atom is 0.457 e. The lowest BCUT2D eigenvalue weighted by atomic mass is 10.3. The highest BCUT2D eigenvalue weighted by atomic mass is 19.4. The smallest absolute Gasteiger partial charge is 0.216 e. The van der Waals surface area contributed by atoms with Crippen molar-refractivity contribution in [1.29, 1.82) is 0 Å². The third-order valence-corrected chi connectivity index (χ3v) is 0.650. The average molecular weight is 164 g/mol. The number of rotatable bonds is 1. The van der Waals surface area contributed by atoms with Gasteiger partial charge in [0.05, 0.1) is 6.33 Å². The van der Waals surface area contributed by atoms with Crippen LogP contribution >= 0.6 is 0 Å². The Morgan fingerprint density at radius 2 is 1.30 bits per heavy atom. The van der Waals surface area contributed by atoms with Crippen LogP contribution < -0.4 is 0 Å². The molecule has 0 atom stereocenters. The molecule has 0 unspecified atom stereocenters. The van der Waals surface area contributed by atoms with Crippen LogP contribution in [0.15, 0.2) is 12.4 Å². The minimum absolute atomic E-state index is 0.840. The molecule has 60 valence electrons. The summed E-state index contributed by atoms with van der Waals surface area (Å²) in [5, 5.41) is 0. The molecule has 0 aliphatic heterocycles. The molecule has 0 fully saturated rings. The topological polar surface area (TPSA) is 0 Å². The first-order valence-corrected chi connectivity index (χ1v) is 2.04. The Kier molecular flexibility index (Phi) is 2.34. The number of alkyl halides is 5. The number of hydrogen-bond donors (Lipinski definition) is 0. The van der Waals surface area contributed by atoms with E-state index in [9.17, 15) is 26.3 Å². The molecule has 0 aliphatic carbocycles. The highest BCUT2D eigenvalue weighted by Gasteiger charge is 2.55. The van der Waals surface area contributed by atoms with Crippen LogP contribution in [-0.4, -0.2) is 12.1 Å². The molecule has 0 radical (unpaired) electrons. The number of hydrogen-bond acceptors (Lipinski definition) is 0. The summed E-state index contributed by atoms with van der Waals surface area (Å²) in [4.78, 5) is 0. The van der Waals surface area contributed by atoms with E-state index in [1.807, 2.05) is 0 Å². The van der Waals surface area contributed by atoms with Crippen LogP contribution in [0.4, 0.5) is 26.3 Å². The van der Waals surface area contributed by atoms with Crippen LogP contribution in [0.1, 0.15) is 0 Å². The third kappa shape index (κ3) is 1.93. The van der Waals surface area contributed by atoms with Crippen molar-refractivity contribution in [1.82, 2.24) is 0 Å². The van der Waals surface area contributed by atoms with E-state index >= 15 is 0 Å². The lowest BCUT2D eigenvalue weighted by molar-refractivity contribution is -0.259. The van der Waals surface area contributed by atoms with Gasteiger partial charge >= 0.3 is 12.1 Å². The predicted molar refractivity (Wildman–Crippen MR) is 21.2 cm³/mol. The fourth-order valence-corrected chi connectivity index (χ4v) is 0.174. The van der Waals surface area contributed by atoms with Crippen molar-refractivity contribution in [2.75, 3.05) is 0 Å². The summed E-state index contributed by atoms with van der Waals surface area (Å²) >= 11 is 0. The van der Waals surface area contributed by atoms with Crippen LogP contribution in [0.2, 0.25) is 0 Å². The maximum absolute atomic E-state index is 11.5. The van der Waals surface area contributed by atoms with Crippen molar-refractivity contribution in [2.45, 2.75) is 12.1 Å². The number of halogens is 6. The van der Waals surface area contributed by atoms with E-state index < -0.39 is 24.5 Å². The minimum atomic E-state index is -5.71. The zero-order valence-corrected chi connectivity index (χ0v) is 4.42. The van der Waals surface area contributed by atoms with Gasteiger partial charge in [0.25, 0.3) is 0 Å². The van der Waals surface area contributed by atoms with Gasteiger partial charge < -0.3 is 0 Å². The molecule has 0 aromatic heterocycles. The molecule has 0 N–H and O–H groups in total. The Bertz CT molecular complexity index is 131. The van der Waals surface area contributed by atoms with Crippen molar-refractivity contribution in [3.63, 3.8) is 0 Å². The van der Waals surface area contributed by atoms with Gasteiger partial charge in [0.2, 0.25) is 0 Å². The first-order chi connectivity index (χ1) is 4.31. The van der Waals surface area contributed by atoms with Crippen LogP contribution in [0, 0.1) is 0 Å². The fourth-order valence-electron chi connectivity index (χ4n) is 0.174. The lowest BCUT2D eigenvalue weighted by Crippen LogP contribution is -2.33. The predicted octanol–water partition coefficient (Wildman–Crippen LogP) is 2.67. The molecule has 0 saturated heterocycles. The first kappa shape index (κ1) is 9.32. The van der Waals surface area contributed by atoms with Crippen molar-refractivity contribution in [2.24, 2.45) is 0 Å². The summed E-state index contributed by atoms with van der Waals surface area (Å²) in [6.07, 6.45) is -7.41. The third-order valence-electron chi connectivity index (χ3n) is 0.650. The second-order valence-electron chi connectivity index (χ2n) is 1.41. The summed E-state index contributed by atoms with van der Waals surface area (Å²) in [7, 11) is 0. The molecule has 6 heteroatoms. The van der Waals surface area contributed by atoms with E-state index in [2.05, 4.69) is 0 Å². The molecular weight excluding hydrogens is 162 g/mol. The Labute approximate surface area is 52.1 Å². The SMILES string of the molecule is F/C=C\C(F)(F)C(F)(F)F. The van der Waals surface area contributed by atoms with Crippen molar-refractivity contribution in [3.8, 4) is 0 Å². The second kappa shape index (κ2) is 2.51. The van der Waals surface area contributed by atoms with E-state index in [0.717, 1.165) is 0 Å². The molecule has 0 amide bonds. The molecule has 0 spiro atoms.